The Labute approximate surface area is 257 Å². The molecule has 224 valence electrons. The SMILES string of the molecule is C[C@@H]1[C@@H]([Si](C)(C)F)[C@H](CCn2cc(C(CO)c3ccccc3)nn2)O[C@@]12C(=O)N(Cc1ccccc1)c1ccc(Cl)cc12. The van der Waals surface area contributed by atoms with Crippen LogP contribution in [0.15, 0.2) is 85.1 Å². The summed E-state index contributed by atoms with van der Waals surface area (Å²) in [6.45, 7) is 6.06. The molecule has 0 aliphatic carbocycles. The number of halogens is 2. The Hall–Kier alpha value is -3.37. The van der Waals surface area contributed by atoms with Crippen molar-refractivity contribution in [3.8, 4) is 0 Å². The number of carbonyl (C=O) groups is 1. The van der Waals surface area contributed by atoms with Crippen molar-refractivity contribution in [2.45, 2.75) is 62.7 Å². The number of rotatable bonds is 9. The predicted octanol–water partition coefficient (Wildman–Crippen LogP) is 6.47. The Balaban J connectivity index is 1.30. The maximum Gasteiger partial charge on any atom is 0.264 e. The molecule has 1 aromatic heterocycles. The van der Waals surface area contributed by atoms with Gasteiger partial charge in [0.25, 0.3) is 5.91 Å². The van der Waals surface area contributed by atoms with Crippen LogP contribution in [0.25, 0.3) is 0 Å². The molecule has 10 heteroatoms. The van der Waals surface area contributed by atoms with Gasteiger partial charge in [-0.25, -0.2) is 0 Å². The fraction of sp³-hybridized carbons (Fsp3) is 0.364. The lowest BCUT2D eigenvalue weighted by molar-refractivity contribution is -0.146. The molecular formula is C33H36ClFN4O3Si. The third-order valence-corrected chi connectivity index (χ3v) is 11.7. The number of benzene rings is 3. The van der Waals surface area contributed by atoms with Crippen molar-refractivity contribution in [2.75, 3.05) is 11.5 Å². The summed E-state index contributed by atoms with van der Waals surface area (Å²) in [4.78, 5) is 16.2. The van der Waals surface area contributed by atoms with Gasteiger partial charge < -0.3 is 18.9 Å². The molecule has 0 bridgehead atoms. The van der Waals surface area contributed by atoms with Crippen LogP contribution in [0.1, 0.15) is 41.6 Å². The number of aliphatic hydroxyl groups is 1. The monoisotopic (exact) mass is 618 g/mol. The third kappa shape index (κ3) is 5.33. The summed E-state index contributed by atoms with van der Waals surface area (Å²) in [5.41, 5.74) is 2.30. The average molecular weight is 619 g/mol. The molecule has 1 unspecified atom stereocenters. The zero-order valence-electron chi connectivity index (χ0n) is 24.5. The number of hydrogen-bond acceptors (Lipinski definition) is 5. The van der Waals surface area contributed by atoms with Crippen molar-refractivity contribution >= 4 is 31.6 Å². The Bertz CT molecular complexity index is 1600. The summed E-state index contributed by atoms with van der Waals surface area (Å²) in [5.74, 6) is -0.875. The molecule has 3 heterocycles. The van der Waals surface area contributed by atoms with Gasteiger partial charge in [0.1, 0.15) is 0 Å². The van der Waals surface area contributed by atoms with Gasteiger partial charge in [0, 0.05) is 34.8 Å². The van der Waals surface area contributed by atoms with Crippen LogP contribution in [0.5, 0.6) is 0 Å². The standard InChI is InChI=1S/C33H36ClFN4O3Si/c1-22-31(43(2,3)35)30(16-17-38-20-28(36-37-38)26(21-40)24-12-8-5-9-13-24)42-33(22)27-18-25(34)14-15-29(27)39(32(33)41)19-23-10-6-4-7-11-23/h4-15,18,20,22,26,30-31,40H,16-17,19,21H2,1-3H3/t22-,26?,30+,31-,33+/m1/s1. The van der Waals surface area contributed by atoms with Crippen LogP contribution < -0.4 is 4.90 Å². The summed E-state index contributed by atoms with van der Waals surface area (Å²) in [7, 11) is -3.31. The number of aryl methyl sites for hydroxylation is 1. The molecule has 3 aromatic carbocycles. The number of ether oxygens (including phenoxy) is 1. The molecule has 2 aliphatic rings. The van der Waals surface area contributed by atoms with Crippen LogP contribution in [0.2, 0.25) is 23.7 Å². The second-order valence-electron chi connectivity index (χ2n) is 12.2. The van der Waals surface area contributed by atoms with Crippen molar-refractivity contribution in [2.24, 2.45) is 5.92 Å². The van der Waals surface area contributed by atoms with Crippen LogP contribution in [-0.2, 0) is 28.2 Å². The molecule has 4 aromatic rings. The van der Waals surface area contributed by atoms with E-state index in [-0.39, 0.29) is 18.4 Å². The van der Waals surface area contributed by atoms with E-state index in [1.165, 1.54) is 0 Å². The summed E-state index contributed by atoms with van der Waals surface area (Å²) >= 11 is 6.49. The molecule has 1 N–H and O–H groups in total. The molecule has 0 saturated carbocycles. The van der Waals surface area contributed by atoms with E-state index < -0.39 is 31.6 Å². The highest BCUT2D eigenvalue weighted by Gasteiger charge is 2.66. The van der Waals surface area contributed by atoms with Crippen molar-refractivity contribution in [3.05, 3.63) is 112 Å². The minimum Gasteiger partial charge on any atom is -0.395 e. The highest BCUT2D eigenvalue weighted by atomic mass is 35.5. The van der Waals surface area contributed by atoms with Crippen LogP contribution in [0.3, 0.4) is 0 Å². The number of nitrogens with zero attached hydrogens (tertiary/aromatic N) is 4. The van der Waals surface area contributed by atoms with Gasteiger partial charge in [-0.05, 0) is 48.8 Å². The molecule has 0 radical (unpaired) electrons. The van der Waals surface area contributed by atoms with Gasteiger partial charge in [-0.15, -0.1) is 5.10 Å². The Kier molecular flexibility index (Phi) is 8.02. The normalized spacial score (nSPS) is 24.1. The van der Waals surface area contributed by atoms with Crippen molar-refractivity contribution in [1.29, 1.82) is 0 Å². The van der Waals surface area contributed by atoms with Gasteiger partial charge in [0.2, 0.25) is 8.41 Å². The maximum absolute atomic E-state index is 16.2. The van der Waals surface area contributed by atoms with E-state index >= 15 is 4.11 Å². The summed E-state index contributed by atoms with van der Waals surface area (Å²) < 4.78 is 24.7. The largest absolute Gasteiger partial charge is 0.395 e. The molecule has 1 spiro atoms. The minimum atomic E-state index is -3.31. The second kappa shape index (κ2) is 11.6. The van der Waals surface area contributed by atoms with E-state index in [9.17, 15) is 9.90 Å². The molecule has 1 amide bonds. The molecule has 1 fully saturated rings. The molecule has 1 saturated heterocycles. The Morgan fingerprint density at radius 3 is 2.47 bits per heavy atom. The van der Waals surface area contributed by atoms with Crippen LogP contribution in [-0.4, -0.2) is 47.1 Å². The quantitative estimate of drug-likeness (QED) is 0.172. The van der Waals surface area contributed by atoms with E-state index in [4.69, 9.17) is 16.3 Å². The van der Waals surface area contributed by atoms with Gasteiger partial charge in [0.15, 0.2) is 5.60 Å². The molecule has 6 rings (SSSR count). The van der Waals surface area contributed by atoms with Crippen molar-refractivity contribution < 1.29 is 18.7 Å². The van der Waals surface area contributed by atoms with Gasteiger partial charge in [-0.1, -0.05) is 84.4 Å². The Morgan fingerprint density at radius 1 is 1.09 bits per heavy atom. The fourth-order valence-corrected chi connectivity index (χ4v) is 9.82. The van der Waals surface area contributed by atoms with Gasteiger partial charge in [0.05, 0.1) is 36.6 Å². The lowest BCUT2D eigenvalue weighted by Crippen LogP contribution is -2.45. The van der Waals surface area contributed by atoms with E-state index in [0.717, 1.165) is 16.8 Å². The molecular weight excluding hydrogens is 583 g/mol. The van der Waals surface area contributed by atoms with E-state index in [0.29, 0.717) is 35.8 Å². The highest BCUT2D eigenvalue weighted by Crippen LogP contribution is 2.60. The lowest BCUT2D eigenvalue weighted by atomic mass is 9.82. The zero-order chi connectivity index (χ0) is 30.4. The van der Waals surface area contributed by atoms with E-state index in [1.807, 2.05) is 85.9 Å². The number of aromatic nitrogens is 3. The van der Waals surface area contributed by atoms with Gasteiger partial charge in [-0.2, -0.15) is 0 Å². The number of aliphatic hydroxyl groups excluding tert-OH is 1. The Morgan fingerprint density at radius 2 is 1.79 bits per heavy atom. The first kappa shape index (κ1) is 29.7. The first-order valence-electron chi connectivity index (χ1n) is 14.7. The smallest absolute Gasteiger partial charge is 0.264 e. The molecule has 7 nitrogen and oxygen atoms in total. The third-order valence-electron chi connectivity index (χ3n) is 9.05. The summed E-state index contributed by atoms with van der Waals surface area (Å²) in [6, 6.07) is 25.0. The summed E-state index contributed by atoms with van der Waals surface area (Å²) in [6.07, 6.45) is 1.77. The van der Waals surface area contributed by atoms with Crippen molar-refractivity contribution in [1.82, 2.24) is 15.0 Å². The number of fused-ring (bicyclic) bond motifs is 2. The number of anilines is 1. The lowest BCUT2D eigenvalue weighted by Gasteiger charge is -2.31. The topological polar surface area (TPSA) is 80.5 Å². The zero-order valence-corrected chi connectivity index (χ0v) is 26.3. The number of hydrogen-bond donors (Lipinski definition) is 1. The minimum absolute atomic E-state index is 0.0955. The molecule has 2 aliphatic heterocycles. The van der Waals surface area contributed by atoms with Gasteiger partial charge >= 0.3 is 0 Å². The second-order valence-corrected chi connectivity index (χ2v) is 16.4. The number of carbonyl (C=O) groups excluding carboxylic acids is 1. The predicted molar refractivity (Wildman–Crippen MR) is 167 cm³/mol. The maximum atomic E-state index is 16.2. The first-order chi connectivity index (χ1) is 20.6. The first-order valence-corrected chi connectivity index (χ1v) is 18.0. The highest BCUT2D eigenvalue weighted by molar-refractivity contribution is 6.72. The van der Waals surface area contributed by atoms with Crippen molar-refractivity contribution in [3.63, 3.8) is 0 Å². The fourth-order valence-electron chi connectivity index (χ4n) is 7.11. The molecule has 5 atom stereocenters. The average Bonchev–Trinajstić information content (AvgIpc) is 3.64. The number of amides is 1. The molecule has 43 heavy (non-hydrogen) atoms. The van der Waals surface area contributed by atoms with Crippen LogP contribution >= 0.6 is 11.6 Å². The van der Waals surface area contributed by atoms with Gasteiger partial charge in [-0.3, -0.25) is 9.48 Å². The van der Waals surface area contributed by atoms with Crippen LogP contribution in [0.4, 0.5) is 9.80 Å². The van der Waals surface area contributed by atoms with E-state index in [1.54, 1.807) is 28.7 Å². The van der Waals surface area contributed by atoms with E-state index in [2.05, 4.69) is 10.3 Å². The summed E-state index contributed by atoms with van der Waals surface area (Å²) in [5, 5.41) is 19.2. The van der Waals surface area contributed by atoms with Crippen LogP contribution in [0, 0.1) is 5.92 Å².